The first kappa shape index (κ1) is 18.1. The van der Waals surface area contributed by atoms with Crippen molar-refractivity contribution < 1.29 is 31.9 Å². The normalized spacial score (nSPS) is 20.6. The van der Waals surface area contributed by atoms with Crippen LogP contribution >= 0.6 is 0 Å². The van der Waals surface area contributed by atoms with Gasteiger partial charge in [-0.3, -0.25) is 4.68 Å². The molecule has 3 heterocycles. The van der Waals surface area contributed by atoms with E-state index in [1.165, 1.54) is 18.3 Å². The van der Waals surface area contributed by atoms with Gasteiger partial charge in [0, 0.05) is 25.4 Å². The van der Waals surface area contributed by atoms with Crippen molar-refractivity contribution >= 4 is 11.8 Å². The topological polar surface area (TPSA) is 71.2 Å². The number of halogens is 5. The summed E-state index contributed by atoms with van der Waals surface area (Å²) >= 11 is 0. The van der Waals surface area contributed by atoms with Crippen molar-refractivity contribution in [1.29, 1.82) is 0 Å². The van der Waals surface area contributed by atoms with Gasteiger partial charge in [0.2, 0.25) is 6.30 Å². The van der Waals surface area contributed by atoms with Gasteiger partial charge in [0.25, 0.3) is 0 Å². The molecule has 2 aromatic rings. The van der Waals surface area contributed by atoms with Crippen LogP contribution in [0, 0.1) is 0 Å². The molecule has 0 spiro atoms. The molecular formula is C15H13F5N4O2. The van der Waals surface area contributed by atoms with E-state index in [4.69, 9.17) is 5.11 Å². The molecule has 2 unspecified atom stereocenters. The number of hydrogen-bond acceptors (Lipinski definition) is 4. The summed E-state index contributed by atoms with van der Waals surface area (Å²) in [5, 5.41) is 12.2. The average Bonchev–Trinajstić information content (AvgIpc) is 3.13. The van der Waals surface area contributed by atoms with Gasteiger partial charge < -0.3 is 10.0 Å². The molecule has 2 aromatic heterocycles. The smallest absolute Gasteiger partial charge is 0.436 e. The number of carbonyl (C=O) groups is 1. The number of aromatic nitrogens is 3. The lowest BCUT2D eigenvalue weighted by Gasteiger charge is -2.20. The van der Waals surface area contributed by atoms with E-state index in [0.717, 1.165) is 15.8 Å². The van der Waals surface area contributed by atoms with Crippen LogP contribution in [0.25, 0.3) is 0 Å². The van der Waals surface area contributed by atoms with E-state index in [1.54, 1.807) is 0 Å². The quantitative estimate of drug-likeness (QED) is 0.656. The van der Waals surface area contributed by atoms with Crippen molar-refractivity contribution in [3.63, 3.8) is 0 Å². The molecule has 6 nitrogen and oxygen atoms in total. The monoisotopic (exact) mass is 376 g/mol. The average molecular weight is 376 g/mol. The summed E-state index contributed by atoms with van der Waals surface area (Å²) in [6.07, 6.45) is -6.14. The molecule has 0 bridgehead atoms. The molecule has 1 aliphatic heterocycles. The lowest BCUT2D eigenvalue weighted by atomic mass is 10.2. The summed E-state index contributed by atoms with van der Waals surface area (Å²) in [6, 6.07) is 2.90. The molecule has 1 fully saturated rings. The fourth-order valence-electron chi connectivity index (χ4n) is 2.69. The van der Waals surface area contributed by atoms with Crippen LogP contribution in [0.1, 0.15) is 28.0 Å². The van der Waals surface area contributed by atoms with Gasteiger partial charge in [0.15, 0.2) is 11.9 Å². The van der Waals surface area contributed by atoms with E-state index in [1.807, 2.05) is 0 Å². The van der Waals surface area contributed by atoms with Crippen LogP contribution in [0.4, 0.5) is 27.8 Å². The van der Waals surface area contributed by atoms with Gasteiger partial charge in [-0.15, -0.1) is 0 Å². The lowest BCUT2D eigenvalue weighted by molar-refractivity contribution is -0.142. The van der Waals surface area contributed by atoms with Crippen molar-refractivity contribution in [2.24, 2.45) is 0 Å². The first-order chi connectivity index (χ1) is 12.2. The second-order valence-corrected chi connectivity index (χ2v) is 5.79. The highest BCUT2D eigenvalue weighted by Crippen LogP contribution is 2.31. The largest absolute Gasteiger partial charge is 0.478 e. The third kappa shape index (κ3) is 3.46. The summed E-state index contributed by atoms with van der Waals surface area (Å²) < 4.78 is 66.2. The van der Waals surface area contributed by atoms with Crippen LogP contribution in [-0.4, -0.2) is 44.9 Å². The Kier molecular flexibility index (Phi) is 4.55. The minimum atomic E-state index is -4.89. The summed E-state index contributed by atoms with van der Waals surface area (Å²) in [5.41, 5.74) is -2.01. The van der Waals surface area contributed by atoms with Crippen LogP contribution in [0.5, 0.6) is 0 Å². The Hall–Kier alpha value is -2.72. The number of nitrogens with zero attached hydrogens (tertiary/aromatic N) is 4. The third-order valence-corrected chi connectivity index (χ3v) is 3.95. The zero-order chi connectivity index (χ0) is 19.1. The summed E-state index contributed by atoms with van der Waals surface area (Å²) in [7, 11) is 0. The van der Waals surface area contributed by atoms with Gasteiger partial charge in [-0.1, -0.05) is 6.07 Å². The first-order valence-electron chi connectivity index (χ1n) is 7.54. The molecule has 1 saturated heterocycles. The molecule has 1 N–H and O–H groups in total. The number of alkyl halides is 5. The minimum Gasteiger partial charge on any atom is -0.478 e. The van der Waals surface area contributed by atoms with Crippen molar-refractivity contribution in [2.45, 2.75) is 31.6 Å². The number of rotatable bonds is 4. The maximum absolute atomic E-state index is 13.7. The van der Waals surface area contributed by atoms with Crippen LogP contribution in [-0.2, 0) is 12.7 Å². The highest BCUT2D eigenvalue weighted by molar-refractivity contribution is 5.88. The fourth-order valence-corrected chi connectivity index (χ4v) is 2.69. The number of hydrogen-bond donors (Lipinski definition) is 1. The number of aromatic carboxylic acids is 1. The van der Waals surface area contributed by atoms with Crippen LogP contribution in [0.15, 0.2) is 24.5 Å². The van der Waals surface area contributed by atoms with E-state index in [0.29, 0.717) is 5.56 Å². The Labute approximate surface area is 143 Å². The van der Waals surface area contributed by atoms with E-state index >= 15 is 0 Å². The Balaban J connectivity index is 1.79. The molecule has 0 amide bonds. The molecule has 2 atom stereocenters. The SMILES string of the molecule is O=C(O)c1cn(Cc2ccc(N3CCC(F)C3F)nc2)nc1C(F)(F)F. The van der Waals surface area contributed by atoms with E-state index in [2.05, 4.69) is 10.1 Å². The van der Waals surface area contributed by atoms with Gasteiger partial charge in [0.1, 0.15) is 11.4 Å². The molecule has 11 heteroatoms. The number of carboxylic acid groups (broad SMARTS) is 1. The minimum absolute atomic E-state index is 0.0517. The summed E-state index contributed by atoms with van der Waals surface area (Å²) in [6.45, 7) is 0.0131. The number of pyridine rings is 1. The van der Waals surface area contributed by atoms with E-state index in [9.17, 15) is 26.7 Å². The van der Waals surface area contributed by atoms with E-state index < -0.39 is 35.9 Å². The Morgan fingerprint density at radius 3 is 2.50 bits per heavy atom. The number of anilines is 1. The standard InChI is InChI=1S/C15H13F5N4O2/c16-10-3-4-24(13(10)17)11-2-1-8(5-21-11)6-23-7-9(14(25)26)12(22-23)15(18,19)20/h1-2,5,7,10,13H,3-4,6H2,(H,25,26). The molecule has 1 aliphatic rings. The Morgan fingerprint density at radius 2 is 2.04 bits per heavy atom. The summed E-state index contributed by atoms with van der Waals surface area (Å²) in [4.78, 5) is 16.1. The zero-order valence-corrected chi connectivity index (χ0v) is 13.1. The molecule has 0 saturated carbocycles. The van der Waals surface area contributed by atoms with Crippen molar-refractivity contribution in [3.8, 4) is 0 Å². The second-order valence-electron chi connectivity index (χ2n) is 5.79. The summed E-state index contributed by atoms with van der Waals surface area (Å²) in [5.74, 6) is -1.52. The lowest BCUT2D eigenvalue weighted by Crippen LogP contribution is -2.30. The van der Waals surface area contributed by atoms with Crippen molar-refractivity contribution in [2.75, 3.05) is 11.4 Å². The maximum atomic E-state index is 13.7. The van der Waals surface area contributed by atoms with Gasteiger partial charge in [-0.05, 0) is 11.6 Å². The molecule has 26 heavy (non-hydrogen) atoms. The van der Waals surface area contributed by atoms with Crippen molar-refractivity contribution in [1.82, 2.24) is 14.8 Å². The first-order valence-corrected chi connectivity index (χ1v) is 7.54. The van der Waals surface area contributed by atoms with Gasteiger partial charge in [-0.2, -0.15) is 18.3 Å². The molecule has 140 valence electrons. The highest BCUT2D eigenvalue weighted by atomic mass is 19.4. The fraction of sp³-hybridized carbons (Fsp3) is 0.400. The molecule has 0 aliphatic carbocycles. The van der Waals surface area contributed by atoms with Gasteiger partial charge >= 0.3 is 12.1 Å². The predicted molar refractivity (Wildman–Crippen MR) is 79.3 cm³/mol. The zero-order valence-electron chi connectivity index (χ0n) is 13.1. The predicted octanol–water partition coefficient (Wildman–Crippen LogP) is 2.89. The van der Waals surface area contributed by atoms with Crippen molar-refractivity contribution in [3.05, 3.63) is 41.3 Å². The van der Waals surface area contributed by atoms with Gasteiger partial charge in [-0.25, -0.2) is 18.6 Å². The van der Waals surface area contributed by atoms with Crippen LogP contribution in [0.2, 0.25) is 0 Å². The Bertz CT molecular complexity index is 805. The highest BCUT2D eigenvalue weighted by Gasteiger charge is 2.39. The van der Waals surface area contributed by atoms with Crippen LogP contribution in [0.3, 0.4) is 0 Å². The molecular weight excluding hydrogens is 363 g/mol. The van der Waals surface area contributed by atoms with Crippen LogP contribution < -0.4 is 4.90 Å². The molecule has 0 aromatic carbocycles. The maximum Gasteiger partial charge on any atom is 0.436 e. The number of carboxylic acids is 1. The Morgan fingerprint density at radius 1 is 1.31 bits per heavy atom. The second kappa shape index (κ2) is 6.54. The van der Waals surface area contributed by atoms with E-state index in [-0.39, 0.29) is 25.3 Å². The third-order valence-electron chi connectivity index (χ3n) is 3.95. The molecule has 0 radical (unpaired) electrons. The molecule has 3 rings (SSSR count). The van der Waals surface area contributed by atoms with Gasteiger partial charge in [0.05, 0.1) is 6.54 Å².